The van der Waals surface area contributed by atoms with Gasteiger partial charge in [0.15, 0.2) is 11.5 Å². The lowest BCUT2D eigenvalue weighted by atomic mass is 10.2. The zero-order valence-corrected chi connectivity index (χ0v) is 21.9. The lowest BCUT2D eigenvalue weighted by Gasteiger charge is -2.11. The predicted octanol–water partition coefficient (Wildman–Crippen LogP) is 5.08. The highest BCUT2D eigenvalue weighted by Gasteiger charge is 2.16. The first-order chi connectivity index (χ1) is 17.2. The third-order valence-corrected chi connectivity index (χ3v) is 5.78. The largest absolute Gasteiger partial charge is 0.493 e. The van der Waals surface area contributed by atoms with Crippen LogP contribution in [0.2, 0.25) is 10.0 Å². The van der Waals surface area contributed by atoms with Crippen LogP contribution in [0.5, 0.6) is 17.2 Å². The van der Waals surface area contributed by atoms with Gasteiger partial charge in [0, 0.05) is 15.7 Å². The second-order valence-corrected chi connectivity index (χ2v) is 8.65. The van der Waals surface area contributed by atoms with Crippen LogP contribution in [-0.4, -0.2) is 38.2 Å². The summed E-state index contributed by atoms with van der Waals surface area (Å²) in [5.41, 5.74) is 2.97. The van der Waals surface area contributed by atoms with E-state index in [4.69, 9.17) is 37.4 Å². The molecule has 0 radical (unpaired) electrons. The van der Waals surface area contributed by atoms with Crippen LogP contribution in [0, 0.1) is 0 Å². The van der Waals surface area contributed by atoms with Crippen molar-refractivity contribution in [3.63, 3.8) is 0 Å². The maximum absolute atomic E-state index is 12.7. The van der Waals surface area contributed by atoms with Gasteiger partial charge >= 0.3 is 17.8 Å². The molecule has 0 heterocycles. The molecule has 0 saturated carbocycles. The number of carbonyl (C=O) groups excluding carboxylic acids is 3. The molecule has 0 aliphatic heterocycles. The SMILES string of the molecule is COc1ccc(C(=O)Oc2ccc(Br)cc2/C=N\NC(=O)C(=O)Nc2ccc(Cl)c(Cl)c2)cc1OC. The van der Waals surface area contributed by atoms with Gasteiger partial charge in [-0.05, 0) is 54.6 Å². The van der Waals surface area contributed by atoms with Crippen molar-refractivity contribution in [2.45, 2.75) is 0 Å². The highest BCUT2D eigenvalue weighted by atomic mass is 79.9. The van der Waals surface area contributed by atoms with Gasteiger partial charge in [0.1, 0.15) is 5.75 Å². The molecule has 3 aromatic rings. The second-order valence-electron chi connectivity index (χ2n) is 6.92. The zero-order valence-electron chi connectivity index (χ0n) is 18.8. The van der Waals surface area contributed by atoms with Gasteiger partial charge < -0.3 is 19.5 Å². The number of nitrogens with one attached hydrogen (secondary N) is 2. The Hall–Kier alpha value is -3.60. The summed E-state index contributed by atoms with van der Waals surface area (Å²) < 4.78 is 16.6. The van der Waals surface area contributed by atoms with Gasteiger partial charge in [-0.25, -0.2) is 10.2 Å². The molecule has 0 atom stereocenters. The van der Waals surface area contributed by atoms with Gasteiger partial charge in [-0.1, -0.05) is 39.1 Å². The zero-order chi connectivity index (χ0) is 26.2. The minimum atomic E-state index is -1.03. The molecule has 0 unspecified atom stereocenters. The number of hydrogen-bond donors (Lipinski definition) is 2. The molecule has 186 valence electrons. The van der Waals surface area contributed by atoms with Crippen molar-refractivity contribution in [1.82, 2.24) is 5.43 Å². The van der Waals surface area contributed by atoms with E-state index in [2.05, 4.69) is 31.8 Å². The van der Waals surface area contributed by atoms with Crippen LogP contribution in [0.4, 0.5) is 5.69 Å². The highest BCUT2D eigenvalue weighted by Crippen LogP contribution is 2.29. The van der Waals surface area contributed by atoms with E-state index >= 15 is 0 Å². The average Bonchev–Trinajstić information content (AvgIpc) is 2.87. The van der Waals surface area contributed by atoms with E-state index in [-0.39, 0.29) is 22.0 Å². The molecular weight excluding hydrogens is 577 g/mol. The van der Waals surface area contributed by atoms with Crippen molar-refractivity contribution in [3.8, 4) is 17.2 Å². The van der Waals surface area contributed by atoms with Gasteiger partial charge in [-0.2, -0.15) is 5.10 Å². The quantitative estimate of drug-likeness (QED) is 0.130. The summed E-state index contributed by atoms with van der Waals surface area (Å²) in [5, 5.41) is 6.69. The smallest absolute Gasteiger partial charge is 0.343 e. The second kappa shape index (κ2) is 12.4. The van der Waals surface area contributed by atoms with Crippen LogP contribution in [-0.2, 0) is 9.59 Å². The standard InChI is InChI=1S/C24H18BrCl2N3O6/c1-34-20-7-3-13(10-21(20)35-2)24(33)36-19-8-4-15(25)9-14(19)12-28-30-23(32)22(31)29-16-5-6-17(26)18(27)11-16/h3-12H,1-2H3,(H,29,31)(H,30,32)/b28-12-. The van der Waals surface area contributed by atoms with Crippen molar-refractivity contribution in [2.24, 2.45) is 5.10 Å². The number of carbonyl (C=O) groups is 3. The van der Waals surface area contributed by atoms with Crippen LogP contribution >= 0.6 is 39.1 Å². The first-order valence-electron chi connectivity index (χ1n) is 10.0. The minimum absolute atomic E-state index is 0.163. The van der Waals surface area contributed by atoms with Crippen molar-refractivity contribution in [3.05, 3.63) is 80.2 Å². The number of esters is 1. The molecule has 2 amide bonds. The lowest BCUT2D eigenvalue weighted by molar-refractivity contribution is -0.136. The van der Waals surface area contributed by atoms with Crippen LogP contribution in [0.1, 0.15) is 15.9 Å². The van der Waals surface area contributed by atoms with Gasteiger partial charge in [0.05, 0.1) is 36.0 Å². The Morgan fingerprint density at radius 2 is 1.58 bits per heavy atom. The third kappa shape index (κ3) is 6.97. The fourth-order valence-corrected chi connectivity index (χ4v) is 3.48. The molecule has 0 spiro atoms. The number of rotatable bonds is 7. The van der Waals surface area contributed by atoms with E-state index in [1.165, 1.54) is 50.8 Å². The molecule has 0 aliphatic rings. The maximum Gasteiger partial charge on any atom is 0.343 e. The van der Waals surface area contributed by atoms with E-state index in [1.807, 2.05) is 0 Å². The van der Waals surface area contributed by atoms with Crippen LogP contribution in [0.25, 0.3) is 0 Å². The first kappa shape index (κ1) is 27.0. The Morgan fingerprint density at radius 1 is 0.861 bits per heavy atom. The number of hydrogen-bond acceptors (Lipinski definition) is 7. The van der Waals surface area contributed by atoms with E-state index in [0.29, 0.717) is 26.6 Å². The molecule has 3 aromatic carbocycles. The molecule has 9 nitrogen and oxygen atoms in total. The number of methoxy groups -OCH3 is 2. The fourth-order valence-electron chi connectivity index (χ4n) is 2.81. The molecule has 0 aromatic heterocycles. The predicted molar refractivity (Wildman–Crippen MR) is 139 cm³/mol. The Morgan fingerprint density at radius 3 is 2.28 bits per heavy atom. The van der Waals surface area contributed by atoms with E-state index in [1.54, 1.807) is 24.3 Å². The number of amides is 2. The summed E-state index contributed by atoms with van der Waals surface area (Å²) in [5.74, 6) is -1.67. The normalized spacial score (nSPS) is 10.6. The maximum atomic E-state index is 12.7. The number of halogens is 3. The van der Waals surface area contributed by atoms with Crippen LogP contribution in [0.15, 0.2) is 64.2 Å². The number of hydrazone groups is 1. The lowest BCUT2D eigenvalue weighted by Crippen LogP contribution is -2.32. The summed E-state index contributed by atoms with van der Waals surface area (Å²) in [6, 6.07) is 13.8. The van der Waals surface area contributed by atoms with Gasteiger partial charge in [0.2, 0.25) is 0 Å². The Labute approximate surface area is 224 Å². The molecule has 0 fully saturated rings. The molecule has 2 N–H and O–H groups in total. The summed E-state index contributed by atoms with van der Waals surface area (Å²) in [6.45, 7) is 0. The van der Waals surface area contributed by atoms with Crippen molar-refractivity contribution < 1.29 is 28.6 Å². The number of anilines is 1. The van der Waals surface area contributed by atoms with E-state index in [0.717, 1.165) is 0 Å². The molecule has 0 saturated heterocycles. The number of ether oxygens (including phenoxy) is 3. The molecule has 36 heavy (non-hydrogen) atoms. The monoisotopic (exact) mass is 593 g/mol. The summed E-state index contributed by atoms with van der Waals surface area (Å²) >= 11 is 15.1. The number of benzene rings is 3. The first-order valence-corrected chi connectivity index (χ1v) is 11.6. The van der Waals surface area contributed by atoms with Crippen molar-refractivity contribution in [1.29, 1.82) is 0 Å². The molecular formula is C24H18BrCl2N3O6. The summed E-state index contributed by atoms with van der Waals surface area (Å²) in [4.78, 5) is 36.9. The Kier molecular flexibility index (Phi) is 9.29. The Balaban J connectivity index is 1.69. The minimum Gasteiger partial charge on any atom is -0.493 e. The number of nitrogens with zero attached hydrogens (tertiary/aromatic N) is 1. The van der Waals surface area contributed by atoms with Crippen molar-refractivity contribution >= 4 is 68.8 Å². The average molecular weight is 595 g/mol. The fraction of sp³-hybridized carbons (Fsp3) is 0.0833. The van der Waals surface area contributed by atoms with Gasteiger partial charge in [-0.3, -0.25) is 9.59 Å². The van der Waals surface area contributed by atoms with Crippen LogP contribution in [0.3, 0.4) is 0 Å². The molecule has 0 aliphatic carbocycles. The van der Waals surface area contributed by atoms with Gasteiger partial charge in [0.25, 0.3) is 0 Å². The summed E-state index contributed by atoms with van der Waals surface area (Å²) in [7, 11) is 2.94. The van der Waals surface area contributed by atoms with E-state index in [9.17, 15) is 14.4 Å². The third-order valence-electron chi connectivity index (χ3n) is 4.55. The highest BCUT2D eigenvalue weighted by molar-refractivity contribution is 9.10. The molecule has 12 heteroatoms. The van der Waals surface area contributed by atoms with Crippen molar-refractivity contribution in [2.75, 3.05) is 19.5 Å². The van der Waals surface area contributed by atoms with Gasteiger partial charge in [-0.15, -0.1) is 0 Å². The molecule has 0 bridgehead atoms. The molecule has 3 rings (SSSR count). The summed E-state index contributed by atoms with van der Waals surface area (Å²) in [6.07, 6.45) is 1.23. The topological polar surface area (TPSA) is 115 Å². The van der Waals surface area contributed by atoms with Crippen LogP contribution < -0.4 is 25.0 Å². The Bertz CT molecular complexity index is 1350. The van der Waals surface area contributed by atoms with E-state index < -0.39 is 17.8 Å².